The number of anilines is 1. The molecule has 1 N–H and O–H groups in total. The topological polar surface area (TPSA) is 29.9 Å². The Balaban J connectivity index is 1.89. The molecule has 0 unspecified atom stereocenters. The smallest absolute Gasteiger partial charge is 0.133 e. The summed E-state index contributed by atoms with van der Waals surface area (Å²) >= 11 is 4.07. The standard InChI is InChI=1S/C15H12IN3S/c16-10-3-5-11(6-4-10)19-15-12(7-8-17-15)14(18-19)13-2-1-9-20-13/h1-6,9,17H,7-8H2. The summed E-state index contributed by atoms with van der Waals surface area (Å²) in [5.74, 6) is 1.15. The van der Waals surface area contributed by atoms with Gasteiger partial charge in [-0.25, -0.2) is 4.68 Å². The van der Waals surface area contributed by atoms with Crippen LogP contribution in [0.2, 0.25) is 0 Å². The van der Waals surface area contributed by atoms with Crippen LogP contribution in [-0.2, 0) is 6.42 Å². The largest absolute Gasteiger partial charge is 0.369 e. The summed E-state index contributed by atoms with van der Waals surface area (Å²) in [6.07, 6.45) is 1.05. The molecular weight excluding hydrogens is 381 g/mol. The average Bonchev–Trinajstić information content (AvgIpc) is 3.16. The van der Waals surface area contributed by atoms with Crippen molar-refractivity contribution in [3.05, 3.63) is 50.9 Å². The second-order valence-electron chi connectivity index (χ2n) is 4.72. The van der Waals surface area contributed by atoms with Crippen molar-refractivity contribution in [1.29, 1.82) is 0 Å². The minimum absolute atomic E-state index is 0.996. The lowest BCUT2D eigenvalue weighted by Crippen LogP contribution is -2.04. The Kier molecular flexibility index (Phi) is 3.03. The zero-order valence-corrected chi connectivity index (χ0v) is 13.6. The van der Waals surface area contributed by atoms with E-state index in [4.69, 9.17) is 5.10 Å². The van der Waals surface area contributed by atoms with Crippen molar-refractivity contribution in [2.24, 2.45) is 0 Å². The van der Waals surface area contributed by atoms with Gasteiger partial charge in [-0.2, -0.15) is 5.10 Å². The van der Waals surface area contributed by atoms with E-state index in [1.54, 1.807) is 11.3 Å². The van der Waals surface area contributed by atoms with Gasteiger partial charge in [0.1, 0.15) is 11.5 Å². The fourth-order valence-electron chi connectivity index (χ4n) is 2.56. The summed E-state index contributed by atoms with van der Waals surface area (Å²) in [7, 11) is 0. The highest BCUT2D eigenvalue weighted by Gasteiger charge is 2.24. The summed E-state index contributed by atoms with van der Waals surface area (Å²) in [6.45, 7) is 0.996. The highest BCUT2D eigenvalue weighted by Crippen LogP contribution is 2.36. The van der Waals surface area contributed by atoms with E-state index in [1.807, 2.05) is 4.68 Å². The molecule has 0 aliphatic carbocycles. The minimum atomic E-state index is 0.996. The van der Waals surface area contributed by atoms with E-state index in [9.17, 15) is 0 Å². The number of rotatable bonds is 2. The summed E-state index contributed by atoms with van der Waals surface area (Å²) in [4.78, 5) is 1.24. The molecule has 3 nitrogen and oxygen atoms in total. The average molecular weight is 393 g/mol. The third kappa shape index (κ3) is 1.96. The number of nitrogens with zero attached hydrogens (tertiary/aromatic N) is 2. The monoisotopic (exact) mass is 393 g/mol. The molecule has 0 saturated heterocycles. The summed E-state index contributed by atoms with van der Waals surface area (Å²) in [5, 5.41) is 10.4. The molecular formula is C15H12IN3S. The second kappa shape index (κ2) is 4.89. The SMILES string of the molecule is Ic1ccc(-n2nc(-c3cccs3)c3c2NCC3)cc1. The summed E-state index contributed by atoms with van der Waals surface area (Å²) in [6, 6.07) is 12.7. The fourth-order valence-corrected chi connectivity index (χ4v) is 3.65. The Labute approximate surface area is 134 Å². The molecule has 2 aromatic heterocycles. The predicted molar refractivity (Wildman–Crippen MR) is 91.8 cm³/mol. The quantitative estimate of drug-likeness (QED) is 0.663. The number of halogens is 1. The van der Waals surface area contributed by atoms with Crippen LogP contribution in [0.25, 0.3) is 16.3 Å². The van der Waals surface area contributed by atoms with E-state index >= 15 is 0 Å². The molecule has 1 aromatic carbocycles. The molecule has 0 bridgehead atoms. The van der Waals surface area contributed by atoms with Gasteiger partial charge in [-0.3, -0.25) is 0 Å². The first-order valence-electron chi connectivity index (χ1n) is 6.48. The number of hydrogen-bond donors (Lipinski definition) is 1. The number of aromatic nitrogens is 2. The molecule has 0 radical (unpaired) electrons. The highest BCUT2D eigenvalue weighted by atomic mass is 127. The highest BCUT2D eigenvalue weighted by molar-refractivity contribution is 14.1. The van der Waals surface area contributed by atoms with Gasteiger partial charge >= 0.3 is 0 Å². The first-order chi connectivity index (χ1) is 9.83. The maximum atomic E-state index is 4.84. The van der Waals surface area contributed by atoms with E-state index < -0.39 is 0 Å². The molecule has 3 aromatic rings. The molecule has 1 aliphatic rings. The van der Waals surface area contributed by atoms with Crippen LogP contribution in [-0.4, -0.2) is 16.3 Å². The van der Waals surface area contributed by atoms with Gasteiger partial charge in [-0.05, 0) is 64.7 Å². The van der Waals surface area contributed by atoms with E-state index in [1.165, 1.54) is 14.0 Å². The van der Waals surface area contributed by atoms with Crippen LogP contribution in [0.1, 0.15) is 5.56 Å². The first kappa shape index (κ1) is 12.4. The van der Waals surface area contributed by atoms with Crippen LogP contribution in [0, 0.1) is 3.57 Å². The van der Waals surface area contributed by atoms with Crippen LogP contribution in [0.4, 0.5) is 5.82 Å². The molecule has 100 valence electrons. The maximum absolute atomic E-state index is 4.84. The van der Waals surface area contributed by atoms with Gasteiger partial charge in [-0.1, -0.05) is 6.07 Å². The number of hydrogen-bond acceptors (Lipinski definition) is 3. The number of thiophene rings is 1. The zero-order valence-electron chi connectivity index (χ0n) is 10.6. The third-order valence-corrected chi connectivity index (χ3v) is 5.07. The molecule has 20 heavy (non-hydrogen) atoms. The van der Waals surface area contributed by atoms with Gasteiger partial charge in [-0.15, -0.1) is 11.3 Å². The number of nitrogens with one attached hydrogen (secondary N) is 1. The Morgan fingerprint density at radius 3 is 2.80 bits per heavy atom. The second-order valence-corrected chi connectivity index (χ2v) is 6.91. The lowest BCUT2D eigenvalue weighted by atomic mass is 10.2. The zero-order chi connectivity index (χ0) is 13.5. The molecule has 3 heterocycles. The molecule has 5 heteroatoms. The van der Waals surface area contributed by atoms with Crippen LogP contribution in [0.3, 0.4) is 0 Å². The molecule has 4 rings (SSSR count). The van der Waals surface area contributed by atoms with E-state index in [0.29, 0.717) is 0 Å². The lowest BCUT2D eigenvalue weighted by Gasteiger charge is -2.06. The molecule has 1 aliphatic heterocycles. The molecule has 0 spiro atoms. The van der Waals surface area contributed by atoms with E-state index in [0.717, 1.165) is 30.2 Å². The first-order valence-corrected chi connectivity index (χ1v) is 8.44. The Morgan fingerprint density at radius 1 is 1.20 bits per heavy atom. The van der Waals surface area contributed by atoms with E-state index in [-0.39, 0.29) is 0 Å². The van der Waals surface area contributed by atoms with Crippen LogP contribution < -0.4 is 5.32 Å². The van der Waals surface area contributed by atoms with Gasteiger partial charge in [0.15, 0.2) is 0 Å². The normalized spacial score (nSPS) is 13.2. The molecule has 0 fully saturated rings. The summed E-state index contributed by atoms with van der Waals surface area (Å²) in [5.41, 5.74) is 3.57. The maximum Gasteiger partial charge on any atom is 0.133 e. The van der Waals surface area contributed by atoms with Crippen LogP contribution in [0.5, 0.6) is 0 Å². The van der Waals surface area contributed by atoms with Gasteiger partial charge in [0, 0.05) is 15.7 Å². The van der Waals surface area contributed by atoms with Gasteiger partial charge in [0.05, 0.1) is 10.6 Å². The lowest BCUT2D eigenvalue weighted by molar-refractivity contribution is 0.883. The molecule has 0 saturated carbocycles. The van der Waals surface area contributed by atoms with Gasteiger partial charge in [0.2, 0.25) is 0 Å². The Morgan fingerprint density at radius 2 is 2.05 bits per heavy atom. The summed E-state index contributed by atoms with van der Waals surface area (Å²) < 4.78 is 3.27. The van der Waals surface area contributed by atoms with Crippen molar-refractivity contribution in [2.75, 3.05) is 11.9 Å². The van der Waals surface area contributed by atoms with Gasteiger partial charge < -0.3 is 5.32 Å². The number of fused-ring (bicyclic) bond motifs is 1. The van der Waals surface area contributed by atoms with Crippen molar-refractivity contribution in [2.45, 2.75) is 6.42 Å². The van der Waals surface area contributed by atoms with Crippen molar-refractivity contribution in [1.82, 2.24) is 9.78 Å². The van der Waals surface area contributed by atoms with Crippen molar-refractivity contribution in [3.63, 3.8) is 0 Å². The third-order valence-electron chi connectivity index (χ3n) is 3.48. The fraction of sp³-hybridized carbons (Fsp3) is 0.133. The number of benzene rings is 1. The molecule has 0 amide bonds. The molecule has 0 atom stereocenters. The van der Waals surface area contributed by atoms with Crippen molar-refractivity contribution < 1.29 is 0 Å². The van der Waals surface area contributed by atoms with Crippen LogP contribution >= 0.6 is 33.9 Å². The Hall–Kier alpha value is -1.34. The van der Waals surface area contributed by atoms with Crippen molar-refractivity contribution in [3.8, 4) is 16.3 Å². The van der Waals surface area contributed by atoms with E-state index in [2.05, 4.69) is 69.7 Å². The van der Waals surface area contributed by atoms with Crippen LogP contribution in [0.15, 0.2) is 41.8 Å². The van der Waals surface area contributed by atoms with Crippen molar-refractivity contribution >= 4 is 39.7 Å². The Bertz CT molecular complexity index is 744. The predicted octanol–water partition coefficient (Wildman–Crippen LogP) is 4.17. The minimum Gasteiger partial charge on any atom is -0.369 e. The van der Waals surface area contributed by atoms with Gasteiger partial charge in [0.25, 0.3) is 0 Å².